The topological polar surface area (TPSA) is 52.1 Å². The molecular weight excluding hydrogens is 511 g/mol. The number of unbranched alkanes of at least 4 members (excludes halogenated alkanes) is 11. The van der Waals surface area contributed by atoms with Gasteiger partial charge in [-0.2, -0.15) is 0 Å². The molecule has 2 aromatic carbocycles. The lowest BCUT2D eigenvalue weighted by atomic mass is 9.99. The van der Waals surface area contributed by atoms with E-state index in [4.69, 9.17) is 4.74 Å². The van der Waals surface area contributed by atoms with E-state index < -0.39 is 11.6 Å². The van der Waals surface area contributed by atoms with Crippen LogP contribution in [0.2, 0.25) is 0 Å². The first-order valence-corrected chi connectivity index (χ1v) is 15.9. The first-order valence-electron chi connectivity index (χ1n) is 15.9. The van der Waals surface area contributed by atoms with Gasteiger partial charge in [0.25, 0.3) is 0 Å². The van der Waals surface area contributed by atoms with E-state index in [1.165, 1.54) is 70.3 Å². The van der Waals surface area contributed by atoms with Crippen LogP contribution in [0.1, 0.15) is 116 Å². The summed E-state index contributed by atoms with van der Waals surface area (Å²) < 4.78 is 20.3. The highest BCUT2D eigenvalue weighted by atomic mass is 19.1. The predicted molar refractivity (Wildman–Crippen MR) is 168 cm³/mol. The van der Waals surface area contributed by atoms with Crippen molar-refractivity contribution in [2.24, 2.45) is 0 Å². The summed E-state index contributed by atoms with van der Waals surface area (Å²) in [6, 6.07) is 15.6. The minimum Gasteiger partial charge on any atom is -0.424 e. The number of hydrogen-bond donors (Lipinski definition) is 0. The van der Waals surface area contributed by atoms with Gasteiger partial charge in [-0.3, -0.25) is 0 Å². The fourth-order valence-electron chi connectivity index (χ4n) is 5.00. The fourth-order valence-corrected chi connectivity index (χ4v) is 5.00. The number of alkyl halides is 1. The molecule has 3 aromatic rings. The molecule has 4 nitrogen and oxygen atoms in total. The van der Waals surface area contributed by atoms with Gasteiger partial charge in [-0.1, -0.05) is 121 Å². The second kappa shape index (κ2) is 17.7. The van der Waals surface area contributed by atoms with Gasteiger partial charge in [0, 0.05) is 23.5 Å². The second-order valence-corrected chi connectivity index (χ2v) is 11.5. The first kappa shape index (κ1) is 32.4. The van der Waals surface area contributed by atoms with Crippen molar-refractivity contribution >= 4 is 5.97 Å². The Bertz CT molecular complexity index is 1140. The largest absolute Gasteiger partial charge is 0.424 e. The van der Waals surface area contributed by atoms with Crippen LogP contribution in [-0.2, 0) is 11.2 Å². The zero-order chi connectivity index (χ0) is 29.3. The van der Waals surface area contributed by atoms with E-state index in [2.05, 4.69) is 48.1 Å². The third kappa shape index (κ3) is 11.4. The SMILES string of the molecule is CCCCCCCCCc1ccc(-c2ncc(-c3ccc(OC(=O)C(C)(F)CCCCCCCC)cc3)cn2)cc1. The number of carbonyl (C=O) groups is 1. The number of benzene rings is 2. The van der Waals surface area contributed by atoms with E-state index in [0.29, 0.717) is 18.0 Å². The number of esters is 1. The molecular formula is C36H49FN2O2. The molecule has 0 aliphatic carbocycles. The summed E-state index contributed by atoms with van der Waals surface area (Å²) in [5.41, 5.74) is 2.13. The standard InChI is InChI=1S/C36H49FN2O2/c1-4-6-8-10-12-13-15-17-29-18-20-31(21-19-29)34-38-27-32(28-39-34)30-22-24-33(25-23-30)41-35(40)36(3,37)26-16-14-11-9-7-5-2/h18-25,27-28H,4-17,26H2,1-3H3. The van der Waals surface area contributed by atoms with E-state index in [1.54, 1.807) is 24.5 Å². The van der Waals surface area contributed by atoms with Gasteiger partial charge in [0.05, 0.1) is 0 Å². The van der Waals surface area contributed by atoms with Crippen LogP contribution < -0.4 is 4.74 Å². The molecule has 0 saturated heterocycles. The number of ether oxygens (including phenoxy) is 1. The van der Waals surface area contributed by atoms with Crippen molar-refractivity contribution in [3.63, 3.8) is 0 Å². The summed E-state index contributed by atoms with van der Waals surface area (Å²) in [7, 11) is 0. The number of aromatic nitrogens is 2. The molecule has 5 heteroatoms. The maximum atomic E-state index is 14.9. The Morgan fingerprint density at radius 2 is 1.20 bits per heavy atom. The molecule has 0 bridgehead atoms. The molecule has 41 heavy (non-hydrogen) atoms. The molecule has 0 saturated carbocycles. The monoisotopic (exact) mass is 560 g/mol. The van der Waals surface area contributed by atoms with Crippen LogP contribution >= 0.6 is 0 Å². The van der Waals surface area contributed by atoms with Crippen LogP contribution in [0.15, 0.2) is 60.9 Å². The van der Waals surface area contributed by atoms with Gasteiger partial charge in [0.2, 0.25) is 5.67 Å². The summed E-state index contributed by atoms with van der Waals surface area (Å²) in [6.07, 6.45) is 20.4. The number of hydrogen-bond acceptors (Lipinski definition) is 4. The van der Waals surface area contributed by atoms with E-state index in [9.17, 15) is 9.18 Å². The van der Waals surface area contributed by atoms with Crippen molar-refractivity contribution in [1.82, 2.24) is 9.97 Å². The Kier molecular flexibility index (Phi) is 14.0. The third-order valence-corrected chi connectivity index (χ3v) is 7.76. The van der Waals surface area contributed by atoms with Crippen LogP contribution in [0.3, 0.4) is 0 Å². The van der Waals surface area contributed by atoms with Gasteiger partial charge in [0.1, 0.15) is 5.75 Å². The highest BCUT2D eigenvalue weighted by Gasteiger charge is 2.34. The van der Waals surface area contributed by atoms with E-state index in [1.807, 2.05) is 12.1 Å². The average Bonchev–Trinajstić information content (AvgIpc) is 2.99. The molecule has 1 heterocycles. The van der Waals surface area contributed by atoms with Gasteiger partial charge in [-0.25, -0.2) is 19.2 Å². The van der Waals surface area contributed by atoms with Gasteiger partial charge in [0.15, 0.2) is 5.82 Å². The lowest BCUT2D eigenvalue weighted by Crippen LogP contribution is -2.34. The van der Waals surface area contributed by atoms with Crippen LogP contribution in [0.5, 0.6) is 5.75 Å². The minimum atomic E-state index is -1.99. The van der Waals surface area contributed by atoms with Crippen molar-refractivity contribution in [2.45, 2.75) is 123 Å². The summed E-state index contributed by atoms with van der Waals surface area (Å²) in [5, 5.41) is 0. The van der Waals surface area contributed by atoms with Crippen LogP contribution in [0.4, 0.5) is 4.39 Å². The molecule has 0 N–H and O–H groups in total. The zero-order valence-corrected chi connectivity index (χ0v) is 25.5. The molecule has 1 aromatic heterocycles. The van der Waals surface area contributed by atoms with Gasteiger partial charge in [-0.05, 0) is 55.9 Å². The molecule has 222 valence electrons. The Labute approximate surface area is 247 Å². The normalized spacial score (nSPS) is 12.7. The third-order valence-electron chi connectivity index (χ3n) is 7.76. The molecule has 1 unspecified atom stereocenters. The van der Waals surface area contributed by atoms with Crippen LogP contribution in [0, 0.1) is 0 Å². The highest BCUT2D eigenvalue weighted by Crippen LogP contribution is 2.26. The Morgan fingerprint density at radius 1 is 0.683 bits per heavy atom. The Hall–Kier alpha value is -3.08. The number of carbonyl (C=O) groups excluding carboxylic acids is 1. The smallest absolute Gasteiger partial charge is 0.348 e. The average molecular weight is 561 g/mol. The van der Waals surface area contributed by atoms with E-state index >= 15 is 0 Å². The number of halogens is 1. The fraction of sp³-hybridized carbons (Fsp3) is 0.528. The van der Waals surface area contributed by atoms with E-state index in [-0.39, 0.29) is 6.42 Å². The van der Waals surface area contributed by atoms with E-state index in [0.717, 1.165) is 42.4 Å². The van der Waals surface area contributed by atoms with Crippen molar-refractivity contribution in [3.05, 3.63) is 66.5 Å². The first-order chi connectivity index (χ1) is 19.9. The van der Waals surface area contributed by atoms with Crippen molar-refractivity contribution < 1.29 is 13.9 Å². The number of aryl methyl sites for hydroxylation is 1. The number of nitrogens with zero attached hydrogens (tertiary/aromatic N) is 2. The van der Waals surface area contributed by atoms with Crippen molar-refractivity contribution in [3.8, 4) is 28.3 Å². The maximum Gasteiger partial charge on any atom is 0.348 e. The lowest BCUT2D eigenvalue weighted by Gasteiger charge is -2.18. The van der Waals surface area contributed by atoms with Crippen LogP contribution in [-0.4, -0.2) is 21.6 Å². The summed E-state index contributed by atoms with van der Waals surface area (Å²) >= 11 is 0. The molecule has 0 aliphatic heterocycles. The molecule has 0 fully saturated rings. The number of rotatable bonds is 19. The molecule has 0 radical (unpaired) electrons. The second-order valence-electron chi connectivity index (χ2n) is 11.5. The van der Waals surface area contributed by atoms with Crippen molar-refractivity contribution in [1.29, 1.82) is 0 Å². The maximum absolute atomic E-state index is 14.9. The molecule has 3 rings (SSSR count). The zero-order valence-electron chi connectivity index (χ0n) is 25.5. The van der Waals surface area contributed by atoms with Crippen molar-refractivity contribution in [2.75, 3.05) is 0 Å². The predicted octanol–water partition coefficient (Wildman–Crippen LogP) is 10.5. The molecule has 0 spiro atoms. The Morgan fingerprint density at radius 3 is 1.78 bits per heavy atom. The van der Waals surface area contributed by atoms with Crippen LogP contribution in [0.25, 0.3) is 22.5 Å². The summed E-state index contributed by atoms with van der Waals surface area (Å²) in [5.74, 6) is 0.189. The van der Waals surface area contributed by atoms with Gasteiger partial charge >= 0.3 is 5.97 Å². The minimum absolute atomic E-state index is 0.182. The van der Waals surface area contributed by atoms with Gasteiger partial charge in [-0.15, -0.1) is 0 Å². The quantitative estimate of drug-likeness (QED) is 0.0831. The summed E-state index contributed by atoms with van der Waals surface area (Å²) in [4.78, 5) is 21.6. The molecule has 1 atom stereocenters. The molecule has 0 amide bonds. The molecule has 0 aliphatic rings. The lowest BCUT2D eigenvalue weighted by molar-refractivity contribution is -0.147. The summed E-state index contributed by atoms with van der Waals surface area (Å²) in [6.45, 7) is 5.74. The highest BCUT2D eigenvalue weighted by molar-refractivity contribution is 5.81. The van der Waals surface area contributed by atoms with Gasteiger partial charge < -0.3 is 4.74 Å². The Balaban J connectivity index is 1.46.